The molecule has 1 aromatic heterocycles. The zero-order valence-electron chi connectivity index (χ0n) is 20.7. The molecule has 5 rings (SSSR count). The van der Waals surface area contributed by atoms with Gasteiger partial charge in [0.1, 0.15) is 12.2 Å². The summed E-state index contributed by atoms with van der Waals surface area (Å²) in [7, 11) is 1.70. The van der Waals surface area contributed by atoms with Crippen LogP contribution in [-0.2, 0) is 11.2 Å². The first-order valence-corrected chi connectivity index (χ1v) is 12.3. The molecule has 2 aliphatic heterocycles. The Morgan fingerprint density at radius 2 is 1.62 bits per heavy atom. The fourth-order valence-electron chi connectivity index (χ4n) is 4.20. The lowest BCUT2D eigenvalue weighted by Gasteiger charge is -2.26. The number of carbonyl (C=O) groups is 2. The highest BCUT2D eigenvalue weighted by atomic mass is 16.5. The Kier molecular flexibility index (Phi) is 7.39. The predicted molar refractivity (Wildman–Crippen MR) is 136 cm³/mol. The molecule has 3 aromatic rings. The number of amides is 2. The highest BCUT2D eigenvalue weighted by molar-refractivity contribution is 5.96. The molecule has 9 nitrogen and oxygen atoms in total. The van der Waals surface area contributed by atoms with E-state index in [-0.39, 0.29) is 30.7 Å². The molecule has 0 atom stereocenters. The number of benzene rings is 2. The molecule has 0 saturated heterocycles. The van der Waals surface area contributed by atoms with Crippen LogP contribution in [0, 0.1) is 0 Å². The molecular formula is C28H29N3O6. The second-order valence-corrected chi connectivity index (χ2v) is 8.87. The number of fused-ring (bicyclic) bond motifs is 3. The van der Waals surface area contributed by atoms with Crippen molar-refractivity contribution in [1.82, 2.24) is 14.8 Å². The SMILES string of the molecule is CN1CCN(C(=O)Cc2ccc3c(c2)OCCCO3)CCOc2ccccc2Oc2ncccc2C1=O. The van der Waals surface area contributed by atoms with Gasteiger partial charge in [-0.15, -0.1) is 0 Å². The van der Waals surface area contributed by atoms with Gasteiger partial charge in [0.15, 0.2) is 23.0 Å². The molecule has 3 heterocycles. The van der Waals surface area contributed by atoms with Gasteiger partial charge in [-0.1, -0.05) is 18.2 Å². The van der Waals surface area contributed by atoms with Crippen LogP contribution in [0.15, 0.2) is 60.8 Å². The first-order chi connectivity index (χ1) is 18.1. The second kappa shape index (κ2) is 11.2. The maximum absolute atomic E-state index is 13.4. The van der Waals surface area contributed by atoms with Gasteiger partial charge < -0.3 is 28.7 Å². The minimum absolute atomic E-state index is 0.0691. The third kappa shape index (κ3) is 5.77. The zero-order valence-corrected chi connectivity index (χ0v) is 20.7. The number of hydrogen-bond acceptors (Lipinski definition) is 7. The van der Waals surface area contributed by atoms with Crippen LogP contribution in [0.4, 0.5) is 0 Å². The molecule has 0 N–H and O–H groups in total. The molecule has 0 radical (unpaired) electrons. The number of likely N-dealkylation sites (N-methyl/N-ethyl adjacent to an activating group) is 1. The number of carbonyl (C=O) groups excluding carboxylic acids is 2. The zero-order chi connectivity index (χ0) is 25.6. The predicted octanol–water partition coefficient (Wildman–Crippen LogP) is 3.57. The maximum atomic E-state index is 13.4. The summed E-state index contributed by atoms with van der Waals surface area (Å²) >= 11 is 0. The number of nitrogens with zero attached hydrogens (tertiary/aromatic N) is 3. The van der Waals surface area contributed by atoms with Gasteiger partial charge in [0.2, 0.25) is 11.8 Å². The molecule has 0 aliphatic carbocycles. The number of rotatable bonds is 2. The van der Waals surface area contributed by atoms with Crippen LogP contribution >= 0.6 is 0 Å². The van der Waals surface area contributed by atoms with E-state index in [4.69, 9.17) is 18.9 Å². The van der Waals surface area contributed by atoms with Crippen molar-refractivity contribution in [2.75, 3.05) is 46.5 Å². The molecule has 0 unspecified atom stereocenters. The van der Waals surface area contributed by atoms with Crippen LogP contribution in [-0.4, -0.2) is 73.1 Å². The fourth-order valence-corrected chi connectivity index (χ4v) is 4.20. The average Bonchev–Trinajstić information content (AvgIpc) is 3.15. The van der Waals surface area contributed by atoms with Crippen molar-refractivity contribution in [2.45, 2.75) is 12.8 Å². The Balaban J connectivity index is 1.37. The van der Waals surface area contributed by atoms with E-state index in [1.165, 1.54) is 0 Å². The molecule has 9 heteroatoms. The summed E-state index contributed by atoms with van der Waals surface area (Å²) in [6.45, 7) is 2.50. The molecule has 0 bridgehead atoms. The molecule has 37 heavy (non-hydrogen) atoms. The number of pyridine rings is 1. The third-order valence-electron chi connectivity index (χ3n) is 6.25. The van der Waals surface area contributed by atoms with Gasteiger partial charge in [-0.25, -0.2) is 4.98 Å². The van der Waals surface area contributed by atoms with Crippen molar-refractivity contribution in [2.24, 2.45) is 0 Å². The lowest BCUT2D eigenvalue weighted by Crippen LogP contribution is -2.42. The van der Waals surface area contributed by atoms with Crippen molar-refractivity contribution in [1.29, 1.82) is 0 Å². The Labute approximate surface area is 215 Å². The third-order valence-corrected chi connectivity index (χ3v) is 6.25. The van der Waals surface area contributed by atoms with E-state index in [0.29, 0.717) is 61.4 Å². The van der Waals surface area contributed by atoms with E-state index in [0.717, 1.165) is 12.0 Å². The lowest BCUT2D eigenvalue weighted by atomic mass is 10.1. The van der Waals surface area contributed by atoms with Crippen molar-refractivity contribution < 1.29 is 28.5 Å². The van der Waals surface area contributed by atoms with Gasteiger partial charge in [-0.2, -0.15) is 0 Å². The summed E-state index contributed by atoms with van der Waals surface area (Å²) in [6.07, 6.45) is 2.59. The van der Waals surface area contributed by atoms with E-state index in [1.807, 2.05) is 30.3 Å². The quantitative estimate of drug-likeness (QED) is 0.528. The Hall–Kier alpha value is -4.27. The largest absolute Gasteiger partial charge is 0.490 e. The topological polar surface area (TPSA) is 90.4 Å². The van der Waals surface area contributed by atoms with Crippen LogP contribution in [0.1, 0.15) is 22.3 Å². The van der Waals surface area contributed by atoms with Crippen molar-refractivity contribution in [3.8, 4) is 28.9 Å². The fraction of sp³-hybridized carbons (Fsp3) is 0.321. The average molecular weight is 504 g/mol. The van der Waals surface area contributed by atoms with E-state index in [1.54, 1.807) is 47.3 Å². The van der Waals surface area contributed by atoms with E-state index in [9.17, 15) is 9.59 Å². The van der Waals surface area contributed by atoms with Crippen LogP contribution in [0.3, 0.4) is 0 Å². The molecule has 0 saturated carbocycles. The van der Waals surface area contributed by atoms with Crippen LogP contribution in [0.25, 0.3) is 0 Å². The molecule has 192 valence electrons. The second-order valence-electron chi connectivity index (χ2n) is 8.87. The first-order valence-electron chi connectivity index (χ1n) is 12.3. The number of aromatic nitrogens is 1. The van der Waals surface area contributed by atoms with Gasteiger partial charge in [-0.05, 0) is 42.0 Å². The molecule has 0 fully saturated rings. The van der Waals surface area contributed by atoms with Crippen molar-refractivity contribution in [3.63, 3.8) is 0 Å². The van der Waals surface area contributed by atoms with Gasteiger partial charge in [0, 0.05) is 32.8 Å². The van der Waals surface area contributed by atoms with Crippen molar-refractivity contribution >= 4 is 11.8 Å². The van der Waals surface area contributed by atoms with E-state index in [2.05, 4.69) is 4.98 Å². The van der Waals surface area contributed by atoms with Crippen LogP contribution < -0.4 is 18.9 Å². The summed E-state index contributed by atoms with van der Waals surface area (Å²) in [5, 5.41) is 0. The summed E-state index contributed by atoms with van der Waals surface area (Å²) in [4.78, 5) is 34.2. The molecule has 2 aromatic carbocycles. The molecule has 2 amide bonds. The van der Waals surface area contributed by atoms with Crippen LogP contribution in [0.5, 0.6) is 28.9 Å². The molecular weight excluding hydrogens is 474 g/mol. The number of para-hydroxylation sites is 2. The van der Waals surface area contributed by atoms with Gasteiger partial charge in [0.25, 0.3) is 5.91 Å². The number of hydrogen-bond donors (Lipinski definition) is 0. The first kappa shape index (κ1) is 24.4. The van der Waals surface area contributed by atoms with E-state index < -0.39 is 0 Å². The number of ether oxygens (including phenoxy) is 4. The monoisotopic (exact) mass is 503 g/mol. The summed E-state index contributed by atoms with van der Waals surface area (Å²) < 4.78 is 23.5. The van der Waals surface area contributed by atoms with Gasteiger partial charge in [0.05, 0.1) is 26.2 Å². The Morgan fingerprint density at radius 3 is 2.49 bits per heavy atom. The Morgan fingerprint density at radius 1 is 0.865 bits per heavy atom. The maximum Gasteiger partial charge on any atom is 0.259 e. The minimum atomic E-state index is -0.240. The minimum Gasteiger partial charge on any atom is -0.490 e. The lowest BCUT2D eigenvalue weighted by molar-refractivity contribution is -0.131. The van der Waals surface area contributed by atoms with Crippen molar-refractivity contribution in [3.05, 3.63) is 71.9 Å². The van der Waals surface area contributed by atoms with Gasteiger partial charge in [-0.3, -0.25) is 9.59 Å². The Bertz CT molecular complexity index is 1280. The highest BCUT2D eigenvalue weighted by Crippen LogP contribution is 2.33. The highest BCUT2D eigenvalue weighted by Gasteiger charge is 2.23. The normalized spacial score (nSPS) is 16.0. The van der Waals surface area contributed by atoms with Gasteiger partial charge >= 0.3 is 0 Å². The smallest absolute Gasteiger partial charge is 0.259 e. The molecule has 2 aliphatic rings. The van der Waals surface area contributed by atoms with E-state index >= 15 is 0 Å². The standard InChI is InChI=1S/C28H29N3O6/c1-30-12-13-31(26(32)19-20-9-10-23-25(18-20)35-16-5-15-34-23)14-17-36-22-7-2-3-8-24(22)37-27-21(28(30)33)6-4-11-29-27/h2-4,6-11,18H,5,12-17,19H2,1H3. The van der Waals surface area contributed by atoms with Crippen LogP contribution in [0.2, 0.25) is 0 Å². The summed E-state index contributed by atoms with van der Waals surface area (Å²) in [5.74, 6) is 2.20. The molecule has 0 spiro atoms. The summed E-state index contributed by atoms with van der Waals surface area (Å²) in [6, 6.07) is 16.2. The summed E-state index contributed by atoms with van der Waals surface area (Å²) in [5.41, 5.74) is 1.17.